The summed E-state index contributed by atoms with van der Waals surface area (Å²) in [5.41, 5.74) is 1.11. The summed E-state index contributed by atoms with van der Waals surface area (Å²) >= 11 is 0. The Kier molecular flexibility index (Phi) is 3.94. The minimum Gasteiger partial charge on any atom is -0.481 e. The van der Waals surface area contributed by atoms with E-state index in [1.165, 1.54) is 0 Å². The van der Waals surface area contributed by atoms with E-state index in [1.807, 2.05) is 19.2 Å². The van der Waals surface area contributed by atoms with Crippen molar-refractivity contribution in [2.75, 3.05) is 25.1 Å². The lowest BCUT2D eigenvalue weighted by atomic mass is 9.95. The molecule has 3 heterocycles. The van der Waals surface area contributed by atoms with E-state index in [1.54, 1.807) is 19.4 Å². The third kappa shape index (κ3) is 3.09. The summed E-state index contributed by atoms with van der Waals surface area (Å²) in [5.74, 6) is 2.54. The fourth-order valence-electron chi connectivity index (χ4n) is 2.70. The minimum atomic E-state index is 0.398. The van der Waals surface area contributed by atoms with E-state index >= 15 is 0 Å². The number of methoxy groups -OCH3 is 1. The molecule has 6 heteroatoms. The summed E-state index contributed by atoms with van der Waals surface area (Å²) in [6.45, 7) is 3.77. The highest BCUT2D eigenvalue weighted by Crippen LogP contribution is 2.27. The molecule has 0 aliphatic carbocycles. The van der Waals surface area contributed by atoms with Crippen LogP contribution >= 0.6 is 0 Å². The SMILES string of the molecule is COc1ccnc(N2CCC[C@@H](c3ccnc(C)n3)C2)n1. The molecule has 1 aliphatic heterocycles. The second-order valence-corrected chi connectivity index (χ2v) is 5.21. The summed E-state index contributed by atoms with van der Waals surface area (Å²) < 4.78 is 5.17. The Hall–Kier alpha value is -2.24. The van der Waals surface area contributed by atoms with Gasteiger partial charge in [-0.25, -0.2) is 15.0 Å². The minimum absolute atomic E-state index is 0.398. The van der Waals surface area contributed by atoms with Gasteiger partial charge in [0.2, 0.25) is 11.8 Å². The Labute approximate surface area is 124 Å². The molecule has 1 aliphatic rings. The monoisotopic (exact) mass is 285 g/mol. The van der Waals surface area contributed by atoms with E-state index in [2.05, 4.69) is 24.8 Å². The molecule has 3 rings (SSSR count). The van der Waals surface area contributed by atoms with Crippen molar-refractivity contribution >= 4 is 5.95 Å². The molecule has 0 spiro atoms. The average Bonchev–Trinajstić information content (AvgIpc) is 2.55. The molecule has 1 saturated heterocycles. The highest BCUT2D eigenvalue weighted by molar-refractivity contribution is 5.34. The molecule has 1 fully saturated rings. The van der Waals surface area contributed by atoms with Gasteiger partial charge in [0.25, 0.3) is 0 Å². The molecule has 21 heavy (non-hydrogen) atoms. The zero-order chi connectivity index (χ0) is 14.7. The molecule has 0 aromatic carbocycles. The zero-order valence-electron chi connectivity index (χ0n) is 12.4. The Bertz CT molecular complexity index is 619. The van der Waals surface area contributed by atoms with E-state index in [0.29, 0.717) is 11.8 Å². The standard InChI is InChI=1S/C15H19N5O/c1-11-16-7-5-13(18-11)12-4-3-9-20(10-12)15-17-8-6-14(19-15)21-2/h5-8,12H,3-4,9-10H2,1-2H3/t12-/m1/s1. The van der Waals surface area contributed by atoms with E-state index in [-0.39, 0.29) is 0 Å². The maximum absolute atomic E-state index is 5.17. The Morgan fingerprint density at radius 3 is 2.86 bits per heavy atom. The summed E-state index contributed by atoms with van der Waals surface area (Å²) in [6, 6.07) is 3.77. The van der Waals surface area contributed by atoms with Gasteiger partial charge in [0, 0.05) is 43.2 Å². The maximum Gasteiger partial charge on any atom is 0.228 e. The highest BCUT2D eigenvalue weighted by Gasteiger charge is 2.24. The Morgan fingerprint density at radius 2 is 2.05 bits per heavy atom. The van der Waals surface area contributed by atoms with Gasteiger partial charge in [-0.15, -0.1) is 0 Å². The van der Waals surface area contributed by atoms with Crippen LogP contribution in [0.1, 0.15) is 30.3 Å². The predicted molar refractivity (Wildman–Crippen MR) is 79.5 cm³/mol. The van der Waals surface area contributed by atoms with Gasteiger partial charge in [-0.1, -0.05) is 0 Å². The molecule has 2 aromatic heterocycles. The van der Waals surface area contributed by atoms with Gasteiger partial charge in [-0.2, -0.15) is 4.98 Å². The van der Waals surface area contributed by atoms with Crippen molar-refractivity contribution in [3.05, 3.63) is 36.0 Å². The van der Waals surface area contributed by atoms with Crippen molar-refractivity contribution in [1.29, 1.82) is 0 Å². The molecule has 0 amide bonds. The summed E-state index contributed by atoms with van der Waals surface area (Å²) in [5, 5.41) is 0. The van der Waals surface area contributed by atoms with Gasteiger partial charge in [-0.05, 0) is 25.8 Å². The predicted octanol–water partition coefficient (Wildman–Crippen LogP) is 1.97. The molecule has 2 aromatic rings. The van der Waals surface area contributed by atoms with Crippen LogP contribution < -0.4 is 9.64 Å². The van der Waals surface area contributed by atoms with Crippen LogP contribution in [-0.4, -0.2) is 40.1 Å². The second-order valence-electron chi connectivity index (χ2n) is 5.21. The van der Waals surface area contributed by atoms with Crippen LogP contribution in [0.25, 0.3) is 0 Å². The van der Waals surface area contributed by atoms with Crippen LogP contribution in [0.5, 0.6) is 5.88 Å². The Balaban J connectivity index is 1.79. The van der Waals surface area contributed by atoms with Crippen molar-refractivity contribution < 1.29 is 4.74 Å². The second kappa shape index (κ2) is 6.03. The lowest BCUT2D eigenvalue weighted by molar-refractivity contribution is 0.395. The van der Waals surface area contributed by atoms with Crippen molar-refractivity contribution in [3.63, 3.8) is 0 Å². The van der Waals surface area contributed by atoms with Crippen LogP contribution in [-0.2, 0) is 0 Å². The van der Waals surface area contributed by atoms with Gasteiger partial charge >= 0.3 is 0 Å². The van der Waals surface area contributed by atoms with Crippen LogP contribution in [0.15, 0.2) is 24.5 Å². The third-order valence-corrected chi connectivity index (χ3v) is 3.75. The first-order valence-corrected chi connectivity index (χ1v) is 7.18. The number of aryl methyl sites for hydroxylation is 1. The van der Waals surface area contributed by atoms with E-state index in [4.69, 9.17) is 4.74 Å². The molecule has 0 saturated carbocycles. The quantitative estimate of drug-likeness (QED) is 0.859. The van der Waals surface area contributed by atoms with Gasteiger partial charge in [-0.3, -0.25) is 0 Å². The zero-order valence-corrected chi connectivity index (χ0v) is 12.4. The number of aromatic nitrogens is 4. The number of hydrogen-bond acceptors (Lipinski definition) is 6. The van der Waals surface area contributed by atoms with E-state index < -0.39 is 0 Å². The van der Waals surface area contributed by atoms with Gasteiger partial charge in [0.15, 0.2) is 0 Å². The number of hydrogen-bond donors (Lipinski definition) is 0. The fraction of sp³-hybridized carbons (Fsp3) is 0.467. The smallest absolute Gasteiger partial charge is 0.228 e. The molecule has 0 bridgehead atoms. The number of ether oxygens (including phenoxy) is 1. The highest BCUT2D eigenvalue weighted by atomic mass is 16.5. The van der Waals surface area contributed by atoms with Gasteiger partial charge < -0.3 is 9.64 Å². The molecule has 0 unspecified atom stereocenters. The normalized spacial score (nSPS) is 18.6. The Morgan fingerprint density at radius 1 is 1.19 bits per heavy atom. The van der Waals surface area contributed by atoms with Gasteiger partial charge in [0.1, 0.15) is 5.82 Å². The summed E-state index contributed by atoms with van der Waals surface area (Å²) in [6.07, 6.45) is 5.81. The van der Waals surface area contributed by atoms with Crippen molar-refractivity contribution in [2.45, 2.75) is 25.7 Å². The van der Waals surface area contributed by atoms with E-state index in [9.17, 15) is 0 Å². The van der Waals surface area contributed by atoms with Crippen molar-refractivity contribution in [2.24, 2.45) is 0 Å². The topological polar surface area (TPSA) is 64.0 Å². The van der Waals surface area contributed by atoms with Crippen molar-refractivity contribution in [1.82, 2.24) is 19.9 Å². The largest absolute Gasteiger partial charge is 0.481 e. The maximum atomic E-state index is 5.17. The molecule has 1 atom stereocenters. The first kappa shape index (κ1) is 13.7. The first-order valence-electron chi connectivity index (χ1n) is 7.18. The molecular weight excluding hydrogens is 266 g/mol. The lowest BCUT2D eigenvalue weighted by Gasteiger charge is -2.32. The molecule has 110 valence electrons. The summed E-state index contributed by atoms with van der Waals surface area (Å²) in [4.78, 5) is 19.7. The molecule has 0 N–H and O–H groups in total. The first-order chi connectivity index (χ1) is 10.3. The number of rotatable bonds is 3. The summed E-state index contributed by atoms with van der Waals surface area (Å²) in [7, 11) is 1.62. The van der Waals surface area contributed by atoms with Crippen LogP contribution in [0.4, 0.5) is 5.95 Å². The van der Waals surface area contributed by atoms with Crippen LogP contribution in [0.3, 0.4) is 0 Å². The third-order valence-electron chi connectivity index (χ3n) is 3.75. The van der Waals surface area contributed by atoms with E-state index in [0.717, 1.165) is 43.4 Å². The average molecular weight is 285 g/mol. The molecular formula is C15H19N5O. The number of anilines is 1. The number of piperidine rings is 1. The lowest BCUT2D eigenvalue weighted by Crippen LogP contribution is -2.35. The number of nitrogens with zero attached hydrogens (tertiary/aromatic N) is 5. The van der Waals surface area contributed by atoms with Crippen molar-refractivity contribution in [3.8, 4) is 5.88 Å². The van der Waals surface area contributed by atoms with Gasteiger partial charge in [0.05, 0.1) is 7.11 Å². The fourth-order valence-corrected chi connectivity index (χ4v) is 2.70. The molecule has 6 nitrogen and oxygen atoms in total. The molecule has 0 radical (unpaired) electrons. The van der Waals surface area contributed by atoms with Crippen LogP contribution in [0.2, 0.25) is 0 Å². The van der Waals surface area contributed by atoms with Crippen LogP contribution in [0, 0.1) is 6.92 Å².